The minimum Gasteiger partial charge on any atom is -0.481 e. The van der Waals surface area contributed by atoms with E-state index in [1.54, 1.807) is 0 Å². The van der Waals surface area contributed by atoms with E-state index in [0.29, 0.717) is 18.8 Å². The second-order valence-corrected chi connectivity index (χ2v) is 5.99. The van der Waals surface area contributed by atoms with Crippen molar-refractivity contribution < 1.29 is 19.8 Å². The molecule has 106 valence electrons. The van der Waals surface area contributed by atoms with Gasteiger partial charge in [-0.15, -0.1) is 0 Å². The Bertz CT molecular complexity index is 265. The van der Waals surface area contributed by atoms with E-state index < -0.39 is 11.9 Å². The van der Waals surface area contributed by atoms with Gasteiger partial charge in [0.05, 0.1) is 0 Å². The van der Waals surface area contributed by atoms with Crippen LogP contribution < -0.4 is 0 Å². The molecule has 0 fully saturated rings. The van der Waals surface area contributed by atoms with E-state index in [1.807, 2.05) is 0 Å². The molecule has 0 saturated carbocycles. The SMILES string of the molecule is CC(C)(C)C(CCCCC(=O)O)CCCC(=O)O. The number of carboxylic acid groups (broad SMARTS) is 2. The third-order valence-electron chi connectivity index (χ3n) is 3.36. The standard InChI is InChI=1S/C14H26O4/c1-14(2,3)11(8-6-10-13(17)18)7-4-5-9-12(15)16/h11H,4-10H2,1-3H3,(H,15,16)(H,17,18). The normalized spacial score (nSPS) is 13.3. The Kier molecular flexibility index (Phi) is 7.64. The topological polar surface area (TPSA) is 74.6 Å². The first-order chi connectivity index (χ1) is 8.23. The molecule has 0 aromatic carbocycles. The molecular formula is C14H26O4. The Morgan fingerprint density at radius 1 is 0.889 bits per heavy atom. The zero-order valence-electron chi connectivity index (χ0n) is 11.7. The van der Waals surface area contributed by atoms with Gasteiger partial charge in [0.1, 0.15) is 0 Å². The van der Waals surface area contributed by atoms with Gasteiger partial charge in [-0.05, 0) is 37.0 Å². The van der Waals surface area contributed by atoms with Gasteiger partial charge >= 0.3 is 11.9 Å². The van der Waals surface area contributed by atoms with E-state index >= 15 is 0 Å². The monoisotopic (exact) mass is 258 g/mol. The van der Waals surface area contributed by atoms with Crippen molar-refractivity contribution >= 4 is 11.9 Å². The van der Waals surface area contributed by atoms with Crippen molar-refractivity contribution in [2.24, 2.45) is 11.3 Å². The molecule has 1 atom stereocenters. The van der Waals surface area contributed by atoms with Crippen molar-refractivity contribution in [2.75, 3.05) is 0 Å². The van der Waals surface area contributed by atoms with E-state index in [-0.39, 0.29) is 18.3 Å². The highest BCUT2D eigenvalue weighted by Crippen LogP contribution is 2.34. The van der Waals surface area contributed by atoms with Gasteiger partial charge in [-0.2, -0.15) is 0 Å². The highest BCUT2D eigenvalue weighted by atomic mass is 16.4. The Morgan fingerprint density at radius 3 is 1.78 bits per heavy atom. The number of aliphatic carboxylic acids is 2. The summed E-state index contributed by atoms with van der Waals surface area (Å²) in [6, 6.07) is 0. The molecule has 0 bridgehead atoms. The summed E-state index contributed by atoms with van der Waals surface area (Å²) in [4.78, 5) is 20.9. The summed E-state index contributed by atoms with van der Waals surface area (Å²) in [7, 11) is 0. The molecule has 0 heterocycles. The largest absolute Gasteiger partial charge is 0.481 e. The third-order valence-corrected chi connectivity index (χ3v) is 3.36. The maximum absolute atomic E-state index is 10.5. The fraction of sp³-hybridized carbons (Fsp3) is 0.857. The molecule has 1 unspecified atom stereocenters. The van der Waals surface area contributed by atoms with Crippen LogP contribution in [0.2, 0.25) is 0 Å². The Labute approximate surface area is 109 Å². The van der Waals surface area contributed by atoms with Gasteiger partial charge in [0, 0.05) is 12.8 Å². The number of carbonyl (C=O) groups is 2. The van der Waals surface area contributed by atoms with Crippen LogP contribution in [0.1, 0.15) is 65.7 Å². The highest BCUT2D eigenvalue weighted by molar-refractivity contribution is 5.66. The molecule has 18 heavy (non-hydrogen) atoms. The molecular weight excluding hydrogens is 232 g/mol. The van der Waals surface area contributed by atoms with E-state index in [4.69, 9.17) is 10.2 Å². The van der Waals surface area contributed by atoms with Crippen molar-refractivity contribution in [1.82, 2.24) is 0 Å². The maximum Gasteiger partial charge on any atom is 0.303 e. The van der Waals surface area contributed by atoms with Gasteiger partial charge in [-0.1, -0.05) is 27.2 Å². The van der Waals surface area contributed by atoms with Crippen LogP contribution in [0, 0.1) is 11.3 Å². The summed E-state index contributed by atoms with van der Waals surface area (Å²) in [5.74, 6) is -1.02. The van der Waals surface area contributed by atoms with Crippen LogP contribution in [0.15, 0.2) is 0 Å². The van der Waals surface area contributed by atoms with Gasteiger partial charge in [0.2, 0.25) is 0 Å². The number of hydrogen-bond acceptors (Lipinski definition) is 2. The van der Waals surface area contributed by atoms with Gasteiger partial charge in [-0.25, -0.2) is 0 Å². The van der Waals surface area contributed by atoms with Crippen LogP contribution in [0.4, 0.5) is 0 Å². The smallest absolute Gasteiger partial charge is 0.303 e. The second kappa shape index (κ2) is 8.11. The van der Waals surface area contributed by atoms with Crippen LogP contribution in [0.25, 0.3) is 0 Å². The molecule has 0 saturated heterocycles. The minimum atomic E-state index is -0.742. The zero-order chi connectivity index (χ0) is 14.2. The molecule has 4 nitrogen and oxygen atoms in total. The summed E-state index contributed by atoms with van der Waals surface area (Å²) in [6.45, 7) is 6.49. The highest BCUT2D eigenvalue weighted by Gasteiger charge is 2.23. The third kappa shape index (κ3) is 9.02. The van der Waals surface area contributed by atoms with Crippen LogP contribution in [0.3, 0.4) is 0 Å². The minimum absolute atomic E-state index is 0.154. The van der Waals surface area contributed by atoms with Crippen molar-refractivity contribution in [1.29, 1.82) is 0 Å². The molecule has 0 spiro atoms. The zero-order valence-corrected chi connectivity index (χ0v) is 11.7. The van der Waals surface area contributed by atoms with Crippen LogP contribution in [-0.4, -0.2) is 22.2 Å². The average Bonchev–Trinajstić information content (AvgIpc) is 2.18. The lowest BCUT2D eigenvalue weighted by atomic mass is 9.75. The lowest BCUT2D eigenvalue weighted by Crippen LogP contribution is -2.21. The first-order valence-electron chi connectivity index (χ1n) is 6.67. The molecule has 0 aromatic rings. The van der Waals surface area contributed by atoms with Gasteiger partial charge in [0.15, 0.2) is 0 Å². The lowest BCUT2D eigenvalue weighted by Gasteiger charge is -2.31. The number of hydrogen-bond donors (Lipinski definition) is 2. The Morgan fingerprint density at radius 2 is 1.33 bits per heavy atom. The molecule has 0 aliphatic heterocycles. The Balaban J connectivity index is 4.00. The average molecular weight is 258 g/mol. The van der Waals surface area contributed by atoms with E-state index in [2.05, 4.69) is 20.8 Å². The number of unbranched alkanes of at least 4 members (excludes halogenated alkanes) is 1. The Hall–Kier alpha value is -1.06. The van der Waals surface area contributed by atoms with Gasteiger partial charge in [0.25, 0.3) is 0 Å². The van der Waals surface area contributed by atoms with Crippen LogP contribution in [0.5, 0.6) is 0 Å². The molecule has 0 amide bonds. The van der Waals surface area contributed by atoms with Crippen molar-refractivity contribution in [3.8, 4) is 0 Å². The van der Waals surface area contributed by atoms with E-state index in [9.17, 15) is 9.59 Å². The second-order valence-electron chi connectivity index (χ2n) is 5.99. The fourth-order valence-electron chi connectivity index (χ4n) is 2.18. The predicted octanol–water partition coefficient (Wildman–Crippen LogP) is 3.55. The molecule has 0 aromatic heterocycles. The van der Waals surface area contributed by atoms with E-state index in [0.717, 1.165) is 19.3 Å². The fourth-order valence-corrected chi connectivity index (χ4v) is 2.18. The van der Waals surface area contributed by atoms with Crippen molar-refractivity contribution in [2.45, 2.75) is 65.7 Å². The van der Waals surface area contributed by atoms with Crippen molar-refractivity contribution in [3.63, 3.8) is 0 Å². The first kappa shape index (κ1) is 16.9. The molecule has 0 aliphatic rings. The summed E-state index contributed by atoms with van der Waals surface area (Å²) < 4.78 is 0. The van der Waals surface area contributed by atoms with E-state index in [1.165, 1.54) is 0 Å². The number of rotatable bonds is 9. The maximum atomic E-state index is 10.5. The molecule has 0 radical (unpaired) electrons. The van der Waals surface area contributed by atoms with Crippen LogP contribution >= 0.6 is 0 Å². The quantitative estimate of drug-likeness (QED) is 0.620. The summed E-state index contributed by atoms with van der Waals surface area (Å²) >= 11 is 0. The molecule has 2 N–H and O–H groups in total. The molecule has 4 heteroatoms. The lowest BCUT2D eigenvalue weighted by molar-refractivity contribution is -0.138. The number of carboxylic acids is 2. The van der Waals surface area contributed by atoms with Gasteiger partial charge in [-0.3, -0.25) is 9.59 Å². The molecule has 0 rings (SSSR count). The summed E-state index contributed by atoms with van der Waals surface area (Å²) in [6.07, 6.45) is 4.66. The first-order valence-corrected chi connectivity index (χ1v) is 6.67. The summed E-state index contributed by atoms with van der Waals surface area (Å²) in [5, 5.41) is 17.2. The van der Waals surface area contributed by atoms with Crippen LogP contribution in [-0.2, 0) is 9.59 Å². The summed E-state index contributed by atoms with van der Waals surface area (Å²) in [5.41, 5.74) is 0.154. The van der Waals surface area contributed by atoms with Gasteiger partial charge < -0.3 is 10.2 Å². The predicted molar refractivity (Wildman–Crippen MR) is 70.5 cm³/mol. The molecule has 0 aliphatic carbocycles. The van der Waals surface area contributed by atoms with Crippen molar-refractivity contribution in [3.05, 3.63) is 0 Å².